The second-order valence-corrected chi connectivity index (χ2v) is 6.29. The number of aryl methyl sites for hydroxylation is 1. The van der Waals surface area contributed by atoms with Gasteiger partial charge in [0.1, 0.15) is 0 Å². The second kappa shape index (κ2) is 5.79. The number of hydrogen-bond donors (Lipinski definition) is 1. The van der Waals surface area contributed by atoms with Crippen LogP contribution in [0.1, 0.15) is 34.5 Å². The molecule has 0 radical (unpaired) electrons. The minimum atomic E-state index is 0.178. The zero-order valence-corrected chi connectivity index (χ0v) is 12.4. The lowest BCUT2D eigenvalue weighted by Crippen LogP contribution is -2.40. The summed E-state index contributed by atoms with van der Waals surface area (Å²) in [4.78, 5) is 14.4. The van der Waals surface area contributed by atoms with Crippen molar-refractivity contribution in [1.29, 1.82) is 0 Å². The van der Waals surface area contributed by atoms with Gasteiger partial charge in [-0.3, -0.25) is 9.89 Å². The predicted octanol–water partition coefficient (Wildman–Crippen LogP) is 2.87. The molecule has 5 heteroatoms. The van der Waals surface area contributed by atoms with Crippen LogP contribution >= 0.6 is 11.3 Å². The zero-order valence-electron chi connectivity index (χ0n) is 11.6. The Morgan fingerprint density at radius 2 is 2.50 bits per heavy atom. The van der Waals surface area contributed by atoms with Crippen molar-refractivity contribution in [1.82, 2.24) is 15.1 Å². The number of thiophene rings is 1. The molecule has 106 valence electrons. The number of nitrogens with zero attached hydrogens (tertiary/aromatic N) is 2. The van der Waals surface area contributed by atoms with Crippen molar-refractivity contribution in [3.8, 4) is 0 Å². The summed E-state index contributed by atoms with van der Waals surface area (Å²) in [5.74, 6) is 0.711. The smallest absolute Gasteiger partial charge is 0.254 e. The molecule has 1 aliphatic rings. The quantitative estimate of drug-likeness (QED) is 0.944. The molecule has 1 N–H and O–H groups in total. The number of piperidine rings is 1. The van der Waals surface area contributed by atoms with Gasteiger partial charge in [-0.1, -0.05) is 0 Å². The summed E-state index contributed by atoms with van der Waals surface area (Å²) >= 11 is 1.58. The zero-order chi connectivity index (χ0) is 13.9. The van der Waals surface area contributed by atoms with Crippen molar-refractivity contribution in [2.75, 3.05) is 13.1 Å². The SMILES string of the molecule is Cc1cn[nH]c1CC1CCCN(C(=O)c2ccsc2)C1. The molecule has 1 saturated heterocycles. The fraction of sp³-hybridized carbons (Fsp3) is 0.467. The Labute approximate surface area is 122 Å². The van der Waals surface area contributed by atoms with Crippen molar-refractivity contribution in [3.05, 3.63) is 39.8 Å². The first-order valence-electron chi connectivity index (χ1n) is 7.04. The molecule has 1 fully saturated rings. The Balaban J connectivity index is 1.65. The topological polar surface area (TPSA) is 49.0 Å². The summed E-state index contributed by atoms with van der Waals surface area (Å²) in [6, 6.07) is 1.91. The Bertz CT molecular complexity index is 576. The van der Waals surface area contributed by atoms with E-state index in [9.17, 15) is 4.79 Å². The normalized spacial score (nSPS) is 19.2. The summed E-state index contributed by atoms with van der Waals surface area (Å²) in [6.45, 7) is 3.82. The molecule has 1 unspecified atom stereocenters. The first-order chi connectivity index (χ1) is 9.74. The molecule has 1 atom stereocenters. The van der Waals surface area contributed by atoms with E-state index < -0.39 is 0 Å². The average Bonchev–Trinajstić information content (AvgIpc) is 3.11. The molecule has 0 aliphatic carbocycles. The van der Waals surface area contributed by atoms with Gasteiger partial charge in [-0.2, -0.15) is 16.4 Å². The van der Waals surface area contributed by atoms with Crippen molar-refractivity contribution < 1.29 is 4.79 Å². The lowest BCUT2D eigenvalue weighted by molar-refractivity contribution is 0.0673. The standard InChI is InChI=1S/C15H19N3OS/c1-11-8-16-17-14(11)7-12-3-2-5-18(9-12)15(19)13-4-6-20-10-13/h4,6,8,10,12H,2-3,5,7,9H2,1H3,(H,16,17). The van der Waals surface area contributed by atoms with E-state index >= 15 is 0 Å². The Kier molecular flexibility index (Phi) is 3.87. The van der Waals surface area contributed by atoms with Gasteiger partial charge in [0.2, 0.25) is 0 Å². The van der Waals surface area contributed by atoms with Crippen LogP contribution in [-0.2, 0) is 6.42 Å². The van der Waals surface area contributed by atoms with Crippen LogP contribution in [-0.4, -0.2) is 34.1 Å². The van der Waals surface area contributed by atoms with E-state index in [-0.39, 0.29) is 5.91 Å². The van der Waals surface area contributed by atoms with E-state index in [1.807, 2.05) is 27.9 Å². The number of aromatic nitrogens is 2. The van der Waals surface area contributed by atoms with Gasteiger partial charge < -0.3 is 4.90 Å². The molecule has 20 heavy (non-hydrogen) atoms. The van der Waals surface area contributed by atoms with E-state index in [1.54, 1.807) is 11.3 Å². The lowest BCUT2D eigenvalue weighted by Gasteiger charge is -2.32. The summed E-state index contributed by atoms with van der Waals surface area (Å²) in [5.41, 5.74) is 3.25. The highest BCUT2D eigenvalue weighted by atomic mass is 32.1. The van der Waals surface area contributed by atoms with Crippen LogP contribution in [0.2, 0.25) is 0 Å². The highest BCUT2D eigenvalue weighted by molar-refractivity contribution is 7.08. The third-order valence-electron chi connectivity index (χ3n) is 4.00. The molecule has 3 rings (SSSR count). The highest BCUT2D eigenvalue weighted by Gasteiger charge is 2.25. The van der Waals surface area contributed by atoms with Crippen LogP contribution in [0.15, 0.2) is 23.0 Å². The number of rotatable bonds is 3. The molecule has 0 bridgehead atoms. The number of amides is 1. The van der Waals surface area contributed by atoms with Crippen molar-refractivity contribution in [3.63, 3.8) is 0 Å². The van der Waals surface area contributed by atoms with Crippen molar-refractivity contribution >= 4 is 17.2 Å². The number of likely N-dealkylation sites (tertiary alicyclic amines) is 1. The van der Waals surface area contributed by atoms with Gasteiger partial charge >= 0.3 is 0 Å². The molecule has 2 aromatic heterocycles. The van der Waals surface area contributed by atoms with Gasteiger partial charge in [0.25, 0.3) is 5.91 Å². The average molecular weight is 289 g/mol. The first kappa shape index (κ1) is 13.4. The Hall–Kier alpha value is -1.62. The van der Waals surface area contributed by atoms with Crippen LogP contribution in [0.25, 0.3) is 0 Å². The maximum atomic E-state index is 12.4. The summed E-state index contributed by atoms with van der Waals surface area (Å²) in [6.07, 6.45) is 5.13. The number of H-pyrrole nitrogens is 1. The van der Waals surface area contributed by atoms with Crippen LogP contribution in [0, 0.1) is 12.8 Å². The fourth-order valence-corrected chi connectivity index (χ4v) is 3.48. The van der Waals surface area contributed by atoms with E-state index in [0.29, 0.717) is 5.92 Å². The number of aromatic amines is 1. The molecule has 0 spiro atoms. The van der Waals surface area contributed by atoms with Crippen LogP contribution in [0.5, 0.6) is 0 Å². The van der Waals surface area contributed by atoms with Crippen molar-refractivity contribution in [2.24, 2.45) is 5.92 Å². The Morgan fingerprint density at radius 3 is 3.20 bits per heavy atom. The summed E-state index contributed by atoms with van der Waals surface area (Å²) in [7, 11) is 0. The van der Waals surface area contributed by atoms with Crippen molar-refractivity contribution in [2.45, 2.75) is 26.2 Å². The summed E-state index contributed by atoms with van der Waals surface area (Å²) < 4.78 is 0. The minimum Gasteiger partial charge on any atom is -0.338 e. The monoisotopic (exact) mass is 289 g/mol. The molecule has 2 aromatic rings. The van der Waals surface area contributed by atoms with Gasteiger partial charge in [0.05, 0.1) is 11.8 Å². The number of carbonyl (C=O) groups excluding carboxylic acids is 1. The van der Waals surface area contributed by atoms with E-state index in [1.165, 1.54) is 17.7 Å². The Morgan fingerprint density at radius 1 is 1.60 bits per heavy atom. The minimum absolute atomic E-state index is 0.178. The van der Waals surface area contributed by atoms with Gasteiger partial charge in [0.15, 0.2) is 0 Å². The van der Waals surface area contributed by atoms with Crippen LogP contribution < -0.4 is 0 Å². The van der Waals surface area contributed by atoms with Crippen LogP contribution in [0.4, 0.5) is 0 Å². The van der Waals surface area contributed by atoms with E-state index in [0.717, 1.165) is 31.5 Å². The van der Waals surface area contributed by atoms with Gasteiger partial charge in [-0.05, 0) is 49.1 Å². The second-order valence-electron chi connectivity index (χ2n) is 5.51. The maximum Gasteiger partial charge on any atom is 0.254 e. The maximum absolute atomic E-state index is 12.4. The number of hydrogen-bond acceptors (Lipinski definition) is 3. The van der Waals surface area contributed by atoms with Gasteiger partial charge in [0, 0.05) is 24.2 Å². The largest absolute Gasteiger partial charge is 0.338 e. The highest BCUT2D eigenvalue weighted by Crippen LogP contribution is 2.23. The van der Waals surface area contributed by atoms with Gasteiger partial charge in [-0.25, -0.2) is 0 Å². The first-order valence-corrected chi connectivity index (χ1v) is 7.98. The third kappa shape index (κ3) is 2.77. The van der Waals surface area contributed by atoms with E-state index in [2.05, 4.69) is 17.1 Å². The molecule has 0 aromatic carbocycles. The molecular weight excluding hydrogens is 270 g/mol. The lowest BCUT2D eigenvalue weighted by atomic mass is 9.92. The molecule has 3 heterocycles. The van der Waals surface area contributed by atoms with Gasteiger partial charge in [-0.15, -0.1) is 0 Å². The summed E-state index contributed by atoms with van der Waals surface area (Å²) in [5, 5.41) is 11.0. The molecule has 1 amide bonds. The van der Waals surface area contributed by atoms with Crippen LogP contribution in [0.3, 0.4) is 0 Å². The molecule has 1 aliphatic heterocycles. The van der Waals surface area contributed by atoms with E-state index in [4.69, 9.17) is 0 Å². The molecule has 0 saturated carbocycles. The number of nitrogens with one attached hydrogen (secondary N) is 1. The molecular formula is C15H19N3OS. The fourth-order valence-electron chi connectivity index (χ4n) is 2.85. The predicted molar refractivity (Wildman–Crippen MR) is 80.0 cm³/mol. The number of carbonyl (C=O) groups is 1. The third-order valence-corrected chi connectivity index (χ3v) is 4.68. The molecule has 4 nitrogen and oxygen atoms in total.